The topological polar surface area (TPSA) is 93.7 Å². The van der Waals surface area contributed by atoms with Gasteiger partial charge in [-0.3, -0.25) is 9.52 Å². The van der Waals surface area contributed by atoms with Gasteiger partial charge in [0.2, 0.25) is 0 Å². The quantitative estimate of drug-likeness (QED) is 0.411. The Morgan fingerprint density at radius 2 is 1.55 bits per heavy atom. The maximum Gasteiger partial charge on any atom is 0.261 e. The maximum atomic E-state index is 12.6. The zero-order valence-corrected chi connectivity index (χ0v) is 20.2. The third-order valence-electron chi connectivity index (χ3n) is 4.84. The molecule has 0 aliphatic heterocycles. The molecular formula is C24H26N2O5S2. The van der Waals surface area contributed by atoms with Crippen LogP contribution in [0.25, 0.3) is 0 Å². The van der Waals surface area contributed by atoms with Crippen LogP contribution in [0.4, 0.5) is 5.69 Å². The van der Waals surface area contributed by atoms with Gasteiger partial charge in [-0.1, -0.05) is 12.1 Å². The number of amides is 1. The highest BCUT2D eigenvalue weighted by Crippen LogP contribution is 2.22. The van der Waals surface area contributed by atoms with E-state index < -0.39 is 10.0 Å². The van der Waals surface area contributed by atoms with Crippen molar-refractivity contribution in [1.82, 2.24) is 5.32 Å². The number of carbonyl (C=O) groups excluding carboxylic acids is 1. The lowest BCUT2D eigenvalue weighted by molar-refractivity contribution is -0.123. The lowest BCUT2D eigenvalue weighted by Gasteiger charge is -2.15. The number of anilines is 1. The molecule has 0 heterocycles. The molecule has 174 valence electrons. The van der Waals surface area contributed by atoms with Crippen molar-refractivity contribution >= 4 is 33.4 Å². The second-order valence-corrected chi connectivity index (χ2v) is 9.72. The van der Waals surface area contributed by atoms with Crippen LogP contribution in [-0.4, -0.2) is 34.3 Å². The van der Waals surface area contributed by atoms with Crippen LogP contribution in [0.2, 0.25) is 0 Å². The van der Waals surface area contributed by atoms with Gasteiger partial charge in [-0.05, 0) is 79.4 Å². The SMILES string of the molecule is COc1ccc(NS(=O)(=O)c2ccc(OCC(=O)N[C@@H](C)c3ccc(SC)cc3)cc2)cc1. The summed E-state index contributed by atoms with van der Waals surface area (Å²) in [4.78, 5) is 13.5. The molecule has 9 heteroatoms. The zero-order chi connectivity index (χ0) is 23.8. The van der Waals surface area contributed by atoms with Gasteiger partial charge in [0.05, 0.1) is 18.0 Å². The van der Waals surface area contributed by atoms with Gasteiger partial charge in [0.15, 0.2) is 6.61 Å². The second kappa shape index (κ2) is 11.1. The fourth-order valence-electron chi connectivity index (χ4n) is 3.00. The summed E-state index contributed by atoms with van der Waals surface area (Å²) in [5.74, 6) is 0.756. The lowest BCUT2D eigenvalue weighted by atomic mass is 10.1. The molecule has 1 amide bonds. The fourth-order valence-corrected chi connectivity index (χ4v) is 4.46. The van der Waals surface area contributed by atoms with E-state index in [1.807, 2.05) is 37.4 Å². The number of rotatable bonds is 10. The highest BCUT2D eigenvalue weighted by Gasteiger charge is 2.15. The molecule has 0 unspecified atom stereocenters. The van der Waals surface area contributed by atoms with Crippen molar-refractivity contribution in [3.63, 3.8) is 0 Å². The molecule has 0 aromatic heterocycles. The minimum Gasteiger partial charge on any atom is -0.497 e. The minimum absolute atomic E-state index is 0.0810. The van der Waals surface area contributed by atoms with Crippen molar-refractivity contribution in [1.29, 1.82) is 0 Å². The average molecular weight is 487 g/mol. The predicted octanol–water partition coefficient (Wildman–Crippen LogP) is 4.47. The molecule has 0 bridgehead atoms. The second-order valence-electron chi connectivity index (χ2n) is 7.16. The summed E-state index contributed by atoms with van der Waals surface area (Å²) < 4.78 is 38.2. The number of hydrogen-bond acceptors (Lipinski definition) is 6. The normalized spacial score (nSPS) is 12.0. The van der Waals surface area contributed by atoms with Crippen molar-refractivity contribution in [2.24, 2.45) is 0 Å². The molecule has 3 rings (SSSR count). The molecule has 0 spiro atoms. The minimum atomic E-state index is -3.76. The highest BCUT2D eigenvalue weighted by molar-refractivity contribution is 7.98. The van der Waals surface area contributed by atoms with Gasteiger partial charge in [-0.15, -0.1) is 11.8 Å². The Kier molecular flexibility index (Phi) is 8.24. The molecule has 0 saturated heterocycles. The number of sulfonamides is 1. The first-order chi connectivity index (χ1) is 15.8. The lowest BCUT2D eigenvalue weighted by Crippen LogP contribution is -2.31. The van der Waals surface area contributed by atoms with Gasteiger partial charge >= 0.3 is 0 Å². The van der Waals surface area contributed by atoms with Crippen molar-refractivity contribution in [2.75, 3.05) is 24.7 Å². The first-order valence-electron chi connectivity index (χ1n) is 10.1. The van der Waals surface area contributed by atoms with E-state index in [1.54, 1.807) is 36.0 Å². The van der Waals surface area contributed by atoms with Crippen LogP contribution < -0.4 is 19.5 Å². The molecule has 0 aliphatic carbocycles. The zero-order valence-electron chi connectivity index (χ0n) is 18.6. The Bertz CT molecular complexity index is 1160. The van der Waals surface area contributed by atoms with Gasteiger partial charge < -0.3 is 14.8 Å². The first kappa shape index (κ1) is 24.5. The Morgan fingerprint density at radius 1 is 0.939 bits per heavy atom. The molecule has 3 aromatic rings. The predicted molar refractivity (Wildman–Crippen MR) is 131 cm³/mol. The van der Waals surface area contributed by atoms with E-state index in [-0.39, 0.29) is 23.5 Å². The molecule has 3 aromatic carbocycles. The number of methoxy groups -OCH3 is 1. The summed E-state index contributed by atoms with van der Waals surface area (Å²) in [6, 6.07) is 20.3. The maximum absolute atomic E-state index is 12.6. The Hall–Kier alpha value is -3.17. The fraction of sp³-hybridized carbons (Fsp3) is 0.208. The number of hydrogen-bond donors (Lipinski definition) is 2. The Balaban J connectivity index is 1.53. The van der Waals surface area contributed by atoms with E-state index in [0.29, 0.717) is 17.2 Å². The molecule has 0 fully saturated rings. The Labute approximate surface area is 198 Å². The largest absolute Gasteiger partial charge is 0.497 e. The average Bonchev–Trinajstić information content (AvgIpc) is 2.83. The van der Waals surface area contributed by atoms with E-state index in [0.717, 1.165) is 10.5 Å². The Morgan fingerprint density at radius 3 is 2.12 bits per heavy atom. The van der Waals surface area contributed by atoms with Crippen LogP contribution in [0.5, 0.6) is 11.5 Å². The molecule has 33 heavy (non-hydrogen) atoms. The van der Waals surface area contributed by atoms with Crippen LogP contribution in [0.3, 0.4) is 0 Å². The van der Waals surface area contributed by atoms with Crippen molar-refractivity contribution in [3.05, 3.63) is 78.4 Å². The summed E-state index contributed by atoms with van der Waals surface area (Å²) in [6.07, 6.45) is 2.01. The standard InChI is InChI=1S/C24H26N2O5S2/c1-17(18-4-12-22(32-3)13-5-18)25-24(27)16-31-21-10-14-23(15-11-21)33(28,29)26-19-6-8-20(30-2)9-7-19/h4-15,17,26H,16H2,1-3H3,(H,25,27)/t17-/m0/s1. The summed E-state index contributed by atoms with van der Waals surface area (Å²) in [5, 5.41) is 2.89. The monoisotopic (exact) mass is 486 g/mol. The number of carbonyl (C=O) groups is 1. The van der Waals surface area contributed by atoms with Crippen molar-refractivity contribution in [3.8, 4) is 11.5 Å². The summed E-state index contributed by atoms with van der Waals surface area (Å²) >= 11 is 1.66. The van der Waals surface area contributed by atoms with E-state index >= 15 is 0 Å². The molecular weight excluding hydrogens is 460 g/mol. The molecule has 2 N–H and O–H groups in total. The summed E-state index contributed by atoms with van der Waals surface area (Å²) in [5.41, 5.74) is 1.42. The van der Waals surface area contributed by atoms with Gasteiger partial charge in [0.1, 0.15) is 11.5 Å². The smallest absolute Gasteiger partial charge is 0.261 e. The molecule has 1 atom stereocenters. The number of nitrogens with one attached hydrogen (secondary N) is 2. The van der Waals surface area contributed by atoms with Gasteiger partial charge in [-0.25, -0.2) is 8.42 Å². The summed E-state index contributed by atoms with van der Waals surface area (Å²) in [6.45, 7) is 1.73. The highest BCUT2D eigenvalue weighted by atomic mass is 32.2. The van der Waals surface area contributed by atoms with Crippen molar-refractivity contribution in [2.45, 2.75) is 22.8 Å². The third kappa shape index (κ3) is 6.90. The van der Waals surface area contributed by atoms with E-state index in [2.05, 4.69) is 10.0 Å². The van der Waals surface area contributed by atoms with Crippen molar-refractivity contribution < 1.29 is 22.7 Å². The van der Waals surface area contributed by atoms with Crippen LogP contribution in [0, 0.1) is 0 Å². The third-order valence-corrected chi connectivity index (χ3v) is 6.98. The van der Waals surface area contributed by atoms with Gasteiger partial charge in [0, 0.05) is 10.6 Å². The molecule has 0 radical (unpaired) electrons. The van der Waals surface area contributed by atoms with E-state index in [4.69, 9.17) is 9.47 Å². The number of ether oxygens (including phenoxy) is 2. The number of benzene rings is 3. The molecule has 7 nitrogen and oxygen atoms in total. The van der Waals surface area contributed by atoms with Gasteiger partial charge in [0.25, 0.3) is 15.9 Å². The van der Waals surface area contributed by atoms with Crippen LogP contribution in [-0.2, 0) is 14.8 Å². The van der Waals surface area contributed by atoms with E-state index in [9.17, 15) is 13.2 Å². The molecule has 0 saturated carbocycles. The number of thioether (sulfide) groups is 1. The van der Waals surface area contributed by atoms with Crippen LogP contribution >= 0.6 is 11.8 Å². The van der Waals surface area contributed by atoms with Crippen LogP contribution in [0.15, 0.2) is 82.6 Å². The van der Waals surface area contributed by atoms with Crippen LogP contribution in [0.1, 0.15) is 18.5 Å². The first-order valence-corrected chi connectivity index (χ1v) is 12.8. The van der Waals surface area contributed by atoms with Gasteiger partial charge in [-0.2, -0.15) is 0 Å². The summed E-state index contributed by atoms with van der Waals surface area (Å²) in [7, 11) is -2.22. The van der Waals surface area contributed by atoms with E-state index in [1.165, 1.54) is 31.4 Å². The molecule has 0 aliphatic rings.